The van der Waals surface area contributed by atoms with Crippen LogP contribution in [0.5, 0.6) is 5.75 Å². The lowest BCUT2D eigenvalue weighted by atomic mass is 9.98. The van der Waals surface area contributed by atoms with Gasteiger partial charge in [0.1, 0.15) is 11.6 Å². The maximum absolute atomic E-state index is 13.8. The lowest BCUT2D eigenvalue weighted by Gasteiger charge is -2.17. The fourth-order valence-corrected chi connectivity index (χ4v) is 2.12. The van der Waals surface area contributed by atoms with E-state index in [1.807, 2.05) is 0 Å². The molecule has 0 heterocycles. The molecule has 0 spiro atoms. The molecule has 0 saturated heterocycles. The first-order valence-electron chi connectivity index (χ1n) is 6.28. The van der Waals surface area contributed by atoms with Crippen LogP contribution in [0.4, 0.5) is 13.2 Å². The average molecular weight is 296 g/mol. The van der Waals surface area contributed by atoms with Crippen molar-refractivity contribution in [2.45, 2.75) is 12.5 Å². The Morgan fingerprint density at radius 3 is 2.43 bits per heavy atom. The number of benzene rings is 2. The number of ether oxygens (including phenoxy) is 1. The number of nitrogens with one attached hydrogen (secondary N) is 1. The molecule has 0 radical (unpaired) electrons. The molecule has 3 nitrogen and oxygen atoms in total. The van der Waals surface area contributed by atoms with Gasteiger partial charge in [0.25, 0.3) is 0 Å². The zero-order valence-corrected chi connectivity index (χ0v) is 11.4. The molecule has 0 bridgehead atoms. The molecule has 21 heavy (non-hydrogen) atoms. The molecule has 0 aliphatic heterocycles. The summed E-state index contributed by atoms with van der Waals surface area (Å²) in [6.07, 6.45) is 0.250. The van der Waals surface area contributed by atoms with Crippen molar-refractivity contribution in [1.82, 2.24) is 5.43 Å². The Bertz CT molecular complexity index is 634. The Hall–Kier alpha value is -2.05. The molecular weight excluding hydrogens is 281 g/mol. The molecule has 1 unspecified atom stereocenters. The lowest BCUT2D eigenvalue weighted by Crippen LogP contribution is -2.30. The Labute approximate surface area is 120 Å². The minimum absolute atomic E-state index is 0.129. The van der Waals surface area contributed by atoms with Gasteiger partial charge < -0.3 is 4.74 Å². The number of hydrogen-bond acceptors (Lipinski definition) is 3. The predicted molar refractivity (Wildman–Crippen MR) is 73.1 cm³/mol. The van der Waals surface area contributed by atoms with Gasteiger partial charge >= 0.3 is 0 Å². The summed E-state index contributed by atoms with van der Waals surface area (Å²) >= 11 is 0. The molecule has 3 N–H and O–H groups in total. The van der Waals surface area contributed by atoms with Crippen molar-refractivity contribution in [2.24, 2.45) is 5.84 Å². The van der Waals surface area contributed by atoms with E-state index in [1.165, 1.54) is 25.3 Å². The second kappa shape index (κ2) is 6.60. The molecule has 112 valence electrons. The number of hydrogen-bond donors (Lipinski definition) is 2. The van der Waals surface area contributed by atoms with Crippen LogP contribution in [0.3, 0.4) is 0 Å². The minimum atomic E-state index is -0.702. The van der Waals surface area contributed by atoms with Crippen molar-refractivity contribution in [1.29, 1.82) is 0 Å². The normalized spacial score (nSPS) is 12.2. The van der Waals surface area contributed by atoms with Crippen molar-refractivity contribution in [3.05, 3.63) is 65.0 Å². The summed E-state index contributed by atoms with van der Waals surface area (Å²) in [5.74, 6) is 3.68. The third-order valence-electron chi connectivity index (χ3n) is 3.20. The third-order valence-corrected chi connectivity index (χ3v) is 3.20. The van der Waals surface area contributed by atoms with Crippen molar-refractivity contribution in [3.63, 3.8) is 0 Å². The van der Waals surface area contributed by atoms with Crippen LogP contribution in [0.25, 0.3) is 0 Å². The largest absolute Gasteiger partial charge is 0.494 e. The second-order valence-electron chi connectivity index (χ2n) is 4.56. The number of methoxy groups -OCH3 is 1. The molecule has 1 atom stereocenters. The zero-order chi connectivity index (χ0) is 15.4. The molecule has 0 amide bonds. The van der Waals surface area contributed by atoms with Crippen LogP contribution in [-0.2, 0) is 6.42 Å². The van der Waals surface area contributed by atoms with Crippen molar-refractivity contribution < 1.29 is 17.9 Å². The SMILES string of the molecule is COc1ccc(CC(NN)c2ccc(F)cc2F)cc1F. The first-order valence-corrected chi connectivity index (χ1v) is 6.28. The van der Waals surface area contributed by atoms with Crippen LogP contribution < -0.4 is 16.0 Å². The molecule has 2 aromatic carbocycles. The molecular formula is C15H15F3N2O. The molecule has 0 saturated carbocycles. The van der Waals surface area contributed by atoms with Gasteiger partial charge in [-0.15, -0.1) is 0 Å². The highest BCUT2D eigenvalue weighted by molar-refractivity contribution is 5.31. The quantitative estimate of drug-likeness (QED) is 0.659. The highest BCUT2D eigenvalue weighted by Crippen LogP contribution is 2.24. The third kappa shape index (κ3) is 3.53. The van der Waals surface area contributed by atoms with E-state index in [2.05, 4.69) is 5.43 Å². The number of nitrogens with two attached hydrogens (primary N) is 1. The summed E-state index contributed by atoms with van der Waals surface area (Å²) in [5, 5.41) is 0. The zero-order valence-electron chi connectivity index (χ0n) is 11.4. The van der Waals surface area contributed by atoms with Crippen LogP contribution in [0.2, 0.25) is 0 Å². The smallest absolute Gasteiger partial charge is 0.165 e. The minimum Gasteiger partial charge on any atom is -0.494 e. The molecule has 6 heteroatoms. The summed E-state index contributed by atoms with van der Waals surface area (Å²) in [6, 6.07) is 7.09. The fourth-order valence-electron chi connectivity index (χ4n) is 2.12. The Morgan fingerprint density at radius 1 is 1.10 bits per heavy atom. The number of hydrazine groups is 1. The van der Waals surface area contributed by atoms with Crippen LogP contribution in [-0.4, -0.2) is 7.11 Å². The van der Waals surface area contributed by atoms with Crippen molar-refractivity contribution >= 4 is 0 Å². The van der Waals surface area contributed by atoms with Gasteiger partial charge in [0.2, 0.25) is 0 Å². The van der Waals surface area contributed by atoms with Gasteiger partial charge in [0.05, 0.1) is 13.2 Å². The van der Waals surface area contributed by atoms with Gasteiger partial charge in [0.15, 0.2) is 11.6 Å². The molecule has 0 fully saturated rings. The summed E-state index contributed by atoms with van der Waals surface area (Å²) in [6.45, 7) is 0. The first kappa shape index (κ1) is 15.3. The summed E-state index contributed by atoms with van der Waals surface area (Å²) in [4.78, 5) is 0. The van der Waals surface area contributed by atoms with Gasteiger partial charge in [-0.3, -0.25) is 11.3 Å². The Morgan fingerprint density at radius 2 is 1.86 bits per heavy atom. The number of halogens is 3. The summed E-state index contributed by atoms with van der Waals surface area (Å²) in [7, 11) is 1.37. The first-order chi connectivity index (χ1) is 10.0. The van der Waals surface area contributed by atoms with E-state index >= 15 is 0 Å². The standard InChI is InChI=1S/C15H15F3N2O/c1-21-15-5-2-9(6-13(15)18)7-14(20-19)11-4-3-10(16)8-12(11)17/h2-6,8,14,20H,7,19H2,1H3. The molecule has 2 aromatic rings. The van der Waals surface area contributed by atoms with E-state index in [0.717, 1.165) is 12.1 Å². The van der Waals surface area contributed by atoms with E-state index in [9.17, 15) is 13.2 Å². The van der Waals surface area contributed by atoms with E-state index in [1.54, 1.807) is 6.07 Å². The van der Waals surface area contributed by atoms with E-state index < -0.39 is 23.5 Å². The highest BCUT2D eigenvalue weighted by atomic mass is 19.1. The van der Waals surface area contributed by atoms with Crippen LogP contribution in [0, 0.1) is 17.5 Å². The Kier molecular flexibility index (Phi) is 4.82. The average Bonchev–Trinajstić information content (AvgIpc) is 2.45. The maximum atomic E-state index is 13.8. The van der Waals surface area contributed by atoms with Crippen molar-refractivity contribution in [3.8, 4) is 5.75 Å². The maximum Gasteiger partial charge on any atom is 0.165 e. The van der Waals surface area contributed by atoms with Gasteiger partial charge in [0, 0.05) is 11.6 Å². The van der Waals surface area contributed by atoms with E-state index in [-0.39, 0.29) is 17.7 Å². The van der Waals surface area contributed by atoms with E-state index in [4.69, 9.17) is 10.6 Å². The van der Waals surface area contributed by atoms with Crippen LogP contribution in [0.1, 0.15) is 17.2 Å². The van der Waals surface area contributed by atoms with Crippen LogP contribution >= 0.6 is 0 Å². The molecule has 2 rings (SSSR count). The lowest BCUT2D eigenvalue weighted by molar-refractivity contribution is 0.386. The topological polar surface area (TPSA) is 47.3 Å². The predicted octanol–water partition coefficient (Wildman–Crippen LogP) is 2.86. The monoisotopic (exact) mass is 296 g/mol. The highest BCUT2D eigenvalue weighted by Gasteiger charge is 2.16. The molecule has 0 aliphatic rings. The van der Waals surface area contributed by atoms with Crippen molar-refractivity contribution in [2.75, 3.05) is 7.11 Å². The van der Waals surface area contributed by atoms with Gasteiger partial charge in [-0.2, -0.15) is 0 Å². The van der Waals surface area contributed by atoms with Gasteiger partial charge in [-0.25, -0.2) is 13.2 Å². The fraction of sp³-hybridized carbons (Fsp3) is 0.200. The summed E-state index contributed by atoms with van der Waals surface area (Å²) in [5.41, 5.74) is 3.29. The second-order valence-corrected chi connectivity index (χ2v) is 4.56. The van der Waals surface area contributed by atoms with Gasteiger partial charge in [-0.1, -0.05) is 12.1 Å². The van der Waals surface area contributed by atoms with E-state index in [0.29, 0.717) is 5.56 Å². The van der Waals surface area contributed by atoms with Crippen LogP contribution in [0.15, 0.2) is 36.4 Å². The number of rotatable bonds is 5. The van der Waals surface area contributed by atoms with Gasteiger partial charge in [-0.05, 0) is 30.2 Å². The molecule has 0 aliphatic carbocycles. The summed E-state index contributed by atoms with van der Waals surface area (Å²) < 4.78 is 45.2. The Balaban J connectivity index is 2.24. The molecule has 0 aromatic heterocycles.